The van der Waals surface area contributed by atoms with Gasteiger partial charge < -0.3 is 8.97 Å². The van der Waals surface area contributed by atoms with E-state index >= 15 is 0 Å². The number of benzene rings is 7. The second-order valence-electron chi connectivity index (χ2n) is 11.3. The Kier molecular flexibility index (Phi) is 4.21. The van der Waals surface area contributed by atoms with Crippen molar-refractivity contribution in [1.82, 2.24) is 8.97 Å². The normalized spacial score (nSPS) is 12.3. The zero-order valence-corrected chi connectivity index (χ0v) is 22.8. The van der Waals surface area contributed by atoms with Crippen LogP contribution in [0, 0.1) is 0 Å². The van der Waals surface area contributed by atoms with Gasteiger partial charge in [-0.05, 0) is 46.2 Å². The van der Waals surface area contributed by atoms with Crippen LogP contribution in [0.1, 0.15) is 0 Å². The van der Waals surface area contributed by atoms with Gasteiger partial charge in [0.2, 0.25) is 0 Å². The van der Waals surface area contributed by atoms with Crippen LogP contribution in [-0.4, -0.2) is 8.97 Å². The lowest BCUT2D eigenvalue weighted by Crippen LogP contribution is -1.96. The van der Waals surface area contributed by atoms with Gasteiger partial charge in [0.15, 0.2) is 0 Å². The first-order chi connectivity index (χ1) is 20.9. The summed E-state index contributed by atoms with van der Waals surface area (Å²) in [5.74, 6) is 0. The molecular formula is C40H24N2. The van der Waals surface area contributed by atoms with Crippen molar-refractivity contribution < 1.29 is 0 Å². The van der Waals surface area contributed by atoms with Gasteiger partial charge in [-0.25, -0.2) is 0 Å². The minimum Gasteiger partial charge on any atom is -0.307 e. The van der Waals surface area contributed by atoms with Crippen molar-refractivity contribution in [2.45, 2.75) is 0 Å². The Morgan fingerprint density at radius 3 is 1.62 bits per heavy atom. The number of nitrogens with zero attached hydrogens (tertiary/aromatic N) is 2. The number of hydrogen-bond donors (Lipinski definition) is 0. The van der Waals surface area contributed by atoms with Gasteiger partial charge in [-0.2, -0.15) is 0 Å². The maximum Gasteiger partial charge on any atom is 0.0795 e. The van der Waals surface area contributed by atoms with Crippen molar-refractivity contribution in [2.75, 3.05) is 0 Å². The molecule has 0 amide bonds. The third-order valence-electron chi connectivity index (χ3n) is 9.22. The third kappa shape index (κ3) is 2.69. The Hall–Kier alpha value is -5.60. The molecule has 10 aromatic rings. The molecule has 10 rings (SSSR count). The van der Waals surface area contributed by atoms with Gasteiger partial charge in [0.1, 0.15) is 0 Å². The molecule has 0 unspecified atom stereocenters. The number of aromatic nitrogens is 2. The van der Waals surface area contributed by atoms with Crippen LogP contribution in [0.5, 0.6) is 0 Å². The van der Waals surface area contributed by atoms with Gasteiger partial charge in [0.25, 0.3) is 0 Å². The third-order valence-corrected chi connectivity index (χ3v) is 9.22. The molecule has 7 aromatic carbocycles. The highest BCUT2D eigenvalue weighted by Gasteiger charge is 2.25. The fraction of sp³-hybridized carbons (Fsp3) is 0. The molecule has 0 radical (unpaired) electrons. The summed E-state index contributed by atoms with van der Waals surface area (Å²) in [7, 11) is 0. The Bertz CT molecular complexity index is 2650. The predicted octanol–water partition coefficient (Wildman–Crippen LogP) is 10.8. The summed E-state index contributed by atoms with van der Waals surface area (Å²) in [6, 6.07) is 53.2. The molecule has 0 spiro atoms. The maximum atomic E-state index is 2.54. The van der Waals surface area contributed by atoms with Crippen molar-refractivity contribution in [2.24, 2.45) is 0 Å². The molecule has 42 heavy (non-hydrogen) atoms. The summed E-state index contributed by atoms with van der Waals surface area (Å²) in [5.41, 5.74) is 9.95. The van der Waals surface area contributed by atoms with E-state index in [1.54, 1.807) is 0 Å². The van der Waals surface area contributed by atoms with Gasteiger partial charge in [0.05, 0.1) is 27.6 Å². The lowest BCUT2D eigenvalue weighted by molar-refractivity contribution is 1.18. The van der Waals surface area contributed by atoms with E-state index in [-0.39, 0.29) is 0 Å². The van der Waals surface area contributed by atoms with Gasteiger partial charge in [-0.15, -0.1) is 0 Å². The fourth-order valence-corrected chi connectivity index (χ4v) is 7.55. The van der Waals surface area contributed by atoms with Crippen LogP contribution < -0.4 is 0 Å². The molecule has 0 aliphatic carbocycles. The second kappa shape index (κ2) is 7.99. The van der Waals surface area contributed by atoms with Crippen molar-refractivity contribution in [3.05, 3.63) is 146 Å². The van der Waals surface area contributed by atoms with E-state index in [4.69, 9.17) is 0 Å². The van der Waals surface area contributed by atoms with E-state index in [0.29, 0.717) is 0 Å². The molecule has 0 aliphatic heterocycles. The van der Waals surface area contributed by atoms with Crippen LogP contribution in [-0.2, 0) is 0 Å². The zero-order valence-electron chi connectivity index (χ0n) is 22.8. The molecule has 3 heterocycles. The quantitative estimate of drug-likeness (QED) is 0.209. The first-order valence-electron chi connectivity index (χ1n) is 14.5. The molecule has 0 saturated carbocycles. The average Bonchev–Trinajstić information content (AvgIpc) is 3.71. The maximum absolute atomic E-state index is 2.54. The van der Waals surface area contributed by atoms with E-state index in [9.17, 15) is 0 Å². The highest BCUT2D eigenvalue weighted by Crippen LogP contribution is 2.48. The average molecular weight is 533 g/mol. The van der Waals surface area contributed by atoms with Crippen molar-refractivity contribution in [3.63, 3.8) is 0 Å². The standard InChI is InChI=1S/C40H24N2/c1-2-11-25(12-3-1)26-21-23-27(24-22-26)41-35-20-9-7-16-32(35)36-29-14-4-5-15-30(29)37-33-18-10-17-31-28-13-6-8-19-34(28)42(38(31)33)40(37)39(36)41/h1-24H. The van der Waals surface area contributed by atoms with Crippen LogP contribution in [0.4, 0.5) is 0 Å². The Morgan fingerprint density at radius 1 is 0.310 bits per heavy atom. The summed E-state index contributed by atoms with van der Waals surface area (Å²) >= 11 is 0. The topological polar surface area (TPSA) is 9.34 Å². The van der Waals surface area contributed by atoms with Gasteiger partial charge in [-0.1, -0.05) is 121 Å². The van der Waals surface area contributed by atoms with Crippen LogP contribution in [0.3, 0.4) is 0 Å². The largest absolute Gasteiger partial charge is 0.307 e. The molecule has 3 aromatic heterocycles. The van der Waals surface area contributed by atoms with E-state index in [2.05, 4.69) is 155 Å². The predicted molar refractivity (Wildman–Crippen MR) is 178 cm³/mol. The monoisotopic (exact) mass is 532 g/mol. The summed E-state index contributed by atoms with van der Waals surface area (Å²) in [5, 5.41) is 10.5. The van der Waals surface area contributed by atoms with Crippen LogP contribution in [0.25, 0.3) is 87.5 Å². The molecule has 0 saturated heterocycles. The summed E-state index contributed by atoms with van der Waals surface area (Å²) in [6.07, 6.45) is 0. The Balaban J connectivity index is 1.47. The first-order valence-corrected chi connectivity index (χ1v) is 14.5. The Labute approximate surface area is 241 Å². The summed E-state index contributed by atoms with van der Waals surface area (Å²) in [6.45, 7) is 0. The van der Waals surface area contributed by atoms with Crippen LogP contribution in [0.15, 0.2) is 146 Å². The Morgan fingerprint density at radius 2 is 0.857 bits per heavy atom. The zero-order chi connectivity index (χ0) is 27.4. The smallest absolute Gasteiger partial charge is 0.0795 e. The van der Waals surface area contributed by atoms with E-state index in [1.165, 1.54) is 87.5 Å². The molecule has 0 atom stereocenters. The summed E-state index contributed by atoms with van der Waals surface area (Å²) in [4.78, 5) is 0. The number of rotatable bonds is 2. The van der Waals surface area contributed by atoms with Crippen LogP contribution in [0.2, 0.25) is 0 Å². The molecule has 0 aliphatic rings. The summed E-state index contributed by atoms with van der Waals surface area (Å²) < 4.78 is 5.04. The first kappa shape index (κ1) is 22.1. The van der Waals surface area contributed by atoms with Crippen molar-refractivity contribution >= 4 is 70.7 Å². The molecule has 2 heteroatoms. The fourth-order valence-electron chi connectivity index (χ4n) is 7.55. The second-order valence-corrected chi connectivity index (χ2v) is 11.3. The van der Waals surface area contributed by atoms with Crippen molar-refractivity contribution in [3.8, 4) is 16.8 Å². The lowest BCUT2D eigenvalue weighted by Gasteiger charge is -2.12. The van der Waals surface area contributed by atoms with Gasteiger partial charge in [-0.3, -0.25) is 0 Å². The lowest BCUT2D eigenvalue weighted by atomic mass is 9.98. The number of fused-ring (bicyclic) bond motifs is 13. The number of hydrogen-bond acceptors (Lipinski definition) is 0. The van der Waals surface area contributed by atoms with E-state index in [1.807, 2.05) is 0 Å². The van der Waals surface area contributed by atoms with E-state index < -0.39 is 0 Å². The molecule has 0 N–H and O–H groups in total. The molecule has 0 fully saturated rings. The van der Waals surface area contributed by atoms with Crippen molar-refractivity contribution in [1.29, 1.82) is 0 Å². The van der Waals surface area contributed by atoms with Gasteiger partial charge in [0, 0.05) is 38.0 Å². The molecule has 2 nitrogen and oxygen atoms in total. The van der Waals surface area contributed by atoms with E-state index in [0.717, 1.165) is 0 Å². The van der Waals surface area contributed by atoms with Crippen LogP contribution >= 0.6 is 0 Å². The minimum absolute atomic E-state index is 1.17. The molecule has 194 valence electrons. The number of para-hydroxylation sites is 3. The highest BCUT2D eigenvalue weighted by atomic mass is 15.0. The van der Waals surface area contributed by atoms with Gasteiger partial charge >= 0.3 is 0 Å². The minimum atomic E-state index is 1.17. The molecule has 0 bridgehead atoms. The SMILES string of the molecule is c1ccc(-c2ccc(-n3c4ccccc4c4c5ccccc5c5c6cccc7c8ccccc8n(c76)c5c43)cc2)cc1. The molecular weight excluding hydrogens is 508 g/mol. The highest BCUT2D eigenvalue weighted by molar-refractivity contribution is 6.38.